The van der Waals surface area contributed by atoms with Crippen molar-refractivity contribution in [3.05, 3.63) is 53.1 Å². The molecule has 0 fully saturated rings. The molecule has 1 aromatic carbocycles. The molecule has 0 N–H and O–H groups in total. The summed E-state index contributed by atoms with van der Waals surface area (Å²) in [5.41, 5.74) is 0.583. The van der Waals surface area contributed by atoms with Crippen LogP contribution in [0.15, 0.2) is 47.6 Å². The van der Waals surface area contributed by atoms with Gasteiger partial charge < -0.3 is 9.47 Å². The second-order valence-corrected chi connectivity index (χ2v) is 7.15. The van der Waals surface area contributed by atoms with Gasteiger partial charge in [-0.05, 0) is 6.92 Å². The first kappa shape index (κ1) is 17.5. The Morgan fingerprint density at radius 3 is 2.43 bits per heavy atom. The molecule has 0 unspecified atom stereocenters. The Kier molecular flexibility index (Phi) is 6.64. The fourth-order valence-electron chi connectivity index (χ4n) is 1.38. The average molecular weight is 375 g/mol. The van der Waals surface area contributed by atoms with Crippen molar-refractivity contribution in [3.8, 4) is 0 Å². The molecule has 0 saturated heterocycles. The Morgan fingerprint density at radius 2 is 1.90 bits per heavy atom. The zero-order chi connectivity index (χ0) is 15.9. The molecule has 5 nitrogen and oxygen atoms in total. The molecule has 0 bridgehead atoms. The highest BCUT2D eigenvalue weighted by Crippen LogP contribution is 2.21. The maximum atomic E-state index is 11.7. The fraction of sp³-hybridized carbons (Fsp3) is 0.214. The summed E-state index contributed by atoms with van der Waals surface area (Å²) in [6.45, 7) is 1.54. The molecule has 0 aliphatic heterocycles. The number of sulfone groups is 1. The van der Waals surface area contributed by atoms with Gasteiger partial charge in [0.1, 0.15) is 16.2 Å². The van der Waals surface area contributed by atoms with E-state index < -0.39 is 15.8 Å². The second-order valence-electron chi connectivity index (χ2n) is 4.00. The first-order valence-electron chi connectivity index (χ1n) is 5.88. The van der Waals surface area contributed by atoms with Crippen LogP contribution in [0.1, 0.15) is 12.5 Å². The summed E-state index contributed by atoms with van der Waals surface area (Å²) in [5.74, 6) is -0.224. The molecular formula is C14H15BrO5S. The monoisotopic (exact) mass is 374 g/mol. The van der Waals surface area contributed by atoms with Crippen molar-refractivity contribution >= 4 is 37.5 Å². The smallest absolute Gasteiger partial charge is 0.333 e. The number of esters is 1. The minimum atomic E-state index is -3.46. The molecule has 7 heteroatoms. The number of alkyl halides is 1. The van der Waals surface area contributed by atoms with Gasteiger partial charge in [0.05, 0.1) is 18.6 Å². The molecule has 1 rings (SSSR count). The van der Waals surface area contributed by atoms with Crippen LogP contribution in [0.25, 0.3) is 5.76 Å². The van der Waals surface area contributed by atoms with E-state index in [0.29, 0.717) is 5.56 Å². The number of hydrogen-bond donors (Lipinski definition) is 0. The molecule has 0 radical (unpaired) electrons. The van der Waals surface area contributed by atoms with Crippen LogP contribution in [0.3, 0.4) is 0 Å². The zero-order valence-electron chi connectivity index (χ0n) is 11.6. The van der Waals surface area contributed by atoms with E-state index in [4.69, 9.17) is 4.74 Å². The van der Waals surface area contributed by atoms with Crippen LogP contribution in [-0.2, 0) is 24.1 Å². The van der Waals surface area contributed by atoms with Crippen molar-refractivity contribution in [3.63, 3.8) is 0 Å². The van der Waals surface area contributed by atoms with Crippen molar-refractivity contribution in [1.82, 2.24) is 0 Å². The van der Waals surface area contributed by atoms with Crippen LogP contribution in [-0.4, -0.2) is 26.2 Å². The standard InChI is InChI=1S/C14H15BrO5S/c1-11(8-14(16)19-2)20-13(9-21(17,18)10-15)12-6-4-3-5-7-12/h3-9H,10H2,1-2H3/b11-8-,13-9-. The maximum Gasteiger partial charge on any atom is 0.333 e. The third-order valence-electron chi connectivity index (χ3n) is 2.29. The van der Waals surface area contributed by atoms with E-state index in [1.54, 1.807) is 30.3 Å². The maximum absolute atomic E-state index is 11.7. The Balaban J connectivity index is 3.16. The Labute approximate surface area is 132 Å². The summed E-state index contributed by atoms with van der Waals surface area (Å²) in [5, 5.41) is 1.02. The lowest BCUT2D eigenvalue weighted by Gasteiger charge is -2.10. The summed E-state index contributed by atoms with van der Waals surface area (Å²) in [4.78, 5) is 11.2. The molecule has 0 atom stereocenters. The highest BCUT2D eigenvalue weighted by Gasteiger charge is 2.12. The normalized spacial score (nSPS) is 12.9. The summed E-state index contributed by atoms with van der Waals surface area (Å²) in [6, 6.07) is 8.73. The number of carbonyl (C=O) groups is 1. The minimum Gasteiger partial charge on any atom is -0.466 e. The highest BCUT2D eigenvalue weighted by atomic mass is 79.9. The molecule has 0 aliphatic carbocycles. The number of allylic oxidation sites excluding steroid dienone is 1. The first-order valence-corrected chi connectivity index (χ1v) is 8.71. The molecule has 0 amide bonds. The minimum absolute atomic E-state index is 0.132. The van der Waals surface area contributed by atoms with Gasteiger partial charge in [-0.3, -0.25) is 0 Å². The van der Waals surface area contributed by atoms with Gasteiger partial charge in [-0.2, -0.15) is 0 Å². The summed E-state index contributed by atoms with van der Waals surface area (Å²) < 4.78 is 33.2. The SMILES string of the molecule is COC(=O)/C=C(/C)O/C(=C\S(=O)(=O)CBr)c1ccccc1. The van der Waals surface area contributed by atoms with Crippen molar-refractivity contribution in [2.45, 2.75) is 6.92 Å². The van der Waals surface area contributed by atoms with Gasteiger partial charge in [0.25, 0.3) is 0 Å². The number of methoxy groups -OCH3 is 1. The second kappa shape index (κ2) is 7.99. The summed E-state index contributed by atoms with van der Waals surface area (Å²) >= 11 is 2.91. The molecule has 0 spiro atoms. The van der Waals surface area contributed by atoms with E-state index in [0.717, 1.165) is 11.5 Å². The molecule has 0 saturated carbocycles. The van der Waals surface area contributed by atoms with Crippen LogP contribution in [0.4, 0.5) is 0 Å². The van der Waals surface area contributed by atoms with Gasteiger partial charge in [-0.1, -0.05) is 46.3 Å². The van der Waals surface area contributed by atoms with Gasteiger partial charge >= 0.3 is 5.97 Å². The quantitative estimate of drug-likeness (QED) is 0.331. The van der Waals surface area contributed by atoms with E-state index >= 15 is 0 Å². The largest absolute Gasteiger partial charge is 0.466 e. The summed E-state index contributed by atoms with van der Waals surface area (Å²) in [6.07, 6.45) is 1.14. The highest BCUT2D eigenvalue weighted by molar-refractivity contribution is 9.10. The molecule has 114 valence electrons. The van der Waals surface area contributed by atoms with Crippen molar-refractivity contribution in [2.24, 2.45) is 0 Å². The predicted molar refractivity (Wildman–Crippen MR) is 84.0 cm³/mol. The number of rotatable bonds is 6. The lowest BCUT2D eigenvalue weighted by Crippen LogP contribution is -2.02. The molecule has 0 aliphatic rings. The molecule has 0 aromatic heterocycles. The molecule has 21 heavy (non-hydrogen) atoms. The number of hydrogen-bond acceptors (Lipinski definition) is 5. The van der Waals surface area contributed by atoms with E-state index in [1.807, 2.05) is 0 Å². The van der Waals surface area contributed by atoms with E-state index in [9.17, 15) is 13.2 Å². The van der Waals surface area contributed by atoms with Gasteiger partial charge in [0, 0.05) is 5.56 Å². The van der Waals surface area contributed by atoms with Gasteiger partial charge in [0.2, 0.25) is 0 Å². The van der Waals surface area contributed by atoms with E-state index in [2.05, 4.69) is 20.7 Å². The van der Waals surface area contributed by atoms with Crippen LogP contribution < -0.4 is 0 Å². The van der Waals surface area contributed by atoms with Gasteiger partial charge in [-0.15, -0.1) is 0 Å². The molecule has 1 aromatic rings. The third-order valence-corrected chi connectivity index (χ3v) is 5.08. The Morgan fingerprint density at radius 1 is 1.29 bits per heavy atom. The third kappa shape index (κ3) is 6.14. The van der Waals surface area contributed by atoms with Crippen molar-refractivity contribution < 1.29 is 22.7 Å². The Hall–Kier alpha value is -1.60. The lowest BCUT2D eigenvalue weighted by molar-refractivity contribution is -0.135. The van der Waals surface area contributed by atoms with Crippen LogP contribution in [0.5, 0.6) is 0 Å². The van der Waals surface area contributed by atoms with E-state index in [-0.39, 0.29) is 16.2 Å². The predicted octanol–water partition coefficient (Wildman–Crippen LogP) is 2.85. The van der Waals surface area contributed by atoms with Crippen LogP contribution in [0.2, 0.25) is 0 Å². The van der Waals surface area contributed by atoms with Crippen molar-refractivity contribution in [2.75, 3.05) is 11.8 Å². The zero-order valence-corrected chi connectivity index (χ0v) is 14.0. The van der Waals surface area contributed by atoms with Gasteiger partial charge in [0.15, 0.2) is 9.84 Å². The summed E-state index contributed by atoms with van der Waals surface area (Å²) in [7, 11) is -2.21. The van der Waals surface area contributed by atoms with Crippen LogP contribution >= 0.6 is 15.9 Å². The van der Waals surface area contributed by atoms with Crippen LogP contribution in [0, 0.1) is 0 Å². The fourth-order valence-corrected chi connectivity index (χ4v) is 2.35. The van der Waals surface area contributed by atoms with E-state index in [1.165, 1.54) is 14.0 Å². The number of ether oxygens (including phenoxy) is 2. The number of benzene rings is 1. The van der Waals surface area contributed by atoms with Gasteiger partial charge in [-0.25, -0.2) is 13.2 Å². The Bertz CT molecular complexity index is 647. The molecular weight excluding hydrogens is 360 g/mol. The topological polar surface area (TPSA) is 69.7 Å². The lowest BCUT2D eigenvalue weighted by atomic mass is 10.2. The average Bonchev–Trinajstić information content (AvgIpc) is 2.47. The number of halogens is 1. The van der Waals surface area contributed by atoms with Crippen molar-refractivity contribution in [1.29, 1.82) is 0 Å². The first-order chi connectivity index (χ1) is 9.88. The number of carbonyl (C=O) groups excluding carboxylic acids is 1. The molecule has 0 heterocycles.